The first-order valence-corrected chi connectivity index (χ1v) is 13.6. The van der Waals surface area contributed by atoms with Crippen molar-refractivity contribution in [3.8, 4) is 22.8 Å². The van der Waals surface area contributed by atoms with Gasteiger partial charge >= 0.3 is 0 Å². The molecule has 9 nitrogen and oxygen atoms in total. The van der Waals surface area contributed by atoms with Crippen LogP contribution in [0.2, 0.25) is 0 Å². The molecule has 0 saturated heterocycles. The van der Waals surface area contributed by atoms with E-state index in [0.717, 1.165) is 39.7 Å². The van der Waals surface area contributed by atoms with E-state index < -0.39 is 0 Å². The molecule has 204 valence electrons. The Balaban J connectivity index is 1.28. The average molecular weight is 535 g/mol. The first kappa shape index (κ1) is 25.7. The van der Waals surface area contributed by atoms with Gasteiger partial charge in [-0.1, -0.05) is 49.7 Å². The molecule has 1 fully saturated rings. The molecule has 9 heteroatoms. The third kappa shape index (κ3) is 4.72. The molecule has 0 atom stereocenters. The van der Waals surface area contributed by atoms with E-state index in [1.54, 1.807) is 21.6 Å². The third-order valence-electron chi connectivity index (χ3n) is 7.50. The molecule has 1 saturated carbocycles. The molecule has 0 unspecified atom stereocenters. The van der Waals surface area contributed by atoms with Crippen molar-refractivity contribution in [1.29, 1.82) is 0 Å². The van der Waals surface area contributed by atoms with Crippen LogP contribution in [0.25, 0.3) is 22.8 Å². The van der Waals surface area contributed by atoms with Crippen molar-refractivity contribution in [2.75, 3.05) is 5.32 Å². The van der Waals surface area contributed by atoms with Crippen molar-refractivity contribution < 1.29 is 4.79 Å². The van der Waals surface area contributed by atoms with Gasteiger partial charge in [-0.2, -0.15) is 5.10 Å². The summed E-state index contributed by atoms with van der Waals surface area (Å²) in [6.45, 7) is 10.6. The van der Waals surface area contributed by atoms with Gasteiger partial charge in [0.25, 0.3) is 5.91 Å². The van der Waals surface area contributed by atoms with Crippen LogP contribution < -0.4 is 5.32 Å². The number of carbonyl (C=O) groups excluding carboxylic acids is 1. The molecule has 0 aliphatic heterocycles. The molecule has 1 aliphatic carbocycles. The van der Waals surface area contributed by atoms with E-state index in [-0.39, 0.29) is 11.3 Å². The summed E-state index contributed by atoms with van der Waals surface area (Å²) in [5.41, 5.74) is 7.74. The first-order valence-electron chi connectivity index (χ1n) is 13.6. The highest BCUT2D eigenvalue weighted by Gasteiger charge is 2.29. The summed E-state index contributed by atoms with van der Waals surface area (Å²) < 4.78 is 5.58. The van der Waals surface area contributed by atoms with Crippen LogP contribution in [0.5, 0.6) is 0 Å². The molecule has 6 rings (SSSR count). The number of benzene rings is 2. The first-order chi connectivity index (χ1) is 19.1. The molecule has 0 spiro atoms. The van der Waals surface area contributed by atoms with E-state index in [9.17, 15) is 4.79 Å². The van der Waals surface area contributed by atoms with E-state index in [2.05, 4.69) is 64.0 Å². The van der Waals surface area contributed by atoms with E-state index in [4.69, 9.17) is 0 Å². The van der Waals surface area contributed by atoms with Crippen molar-refractivity contribution >= 4 is 11.6 Å². The van der Waals surface area contributed by atoms with E-state index >= 15 is 0 Å². The Hall–Kier alpha value is -4.53. The number of nitrogens with zero attached hydrogens (tertiary/aromatic N) is 7. The largest absolute Gasteiger partial charge is 0.330 e. The highest BCUT2D eigenvalue weighted by atomic mass is 16.2. The zero-order valence-corrected chi connectivity index (χ0v) is 23.8. The number of hydrogen-bond acceptors (Lipinski definition) is 5. The summed E-state index contributed by atoms with van der Waals surface area (Å²) in [4.78, 5) is 18.1. The maximum atomic E-state index is 13.5. The zero-order valence-electron chi connectivity index (χ0n) is 23.8. The Labute approximate surface area is 233 Å². The fourth-order valence-corrected chi connectivity index (χ4v) is 5.11. The maximum Gasteiger partial charge on any atom is 0.274 e. The number of carbonyl (C=O) groups is 1. The molecule has 5 aromatic rings. The van der Waals surface area contributed by atoms with Crippen molar-refractivity contribution in [2.24, 2.45) is 7.05 Å². The van der Waals surface area contributed by atoms with Crippen molar-refractivity contribution in [3.63, 3.8) is 0 Å². The maximum absolute atomic E-state index is 13.5. The molecular formula is C31H34N8O. The molecule has 1 aliphatic rings. The average Bonchev–Trinajstić information content (AvgIpc) is 3.27. The van der Waals surface area contributed by atoms with E-state index in [1.165, 1.54) is 18.4 Å². The lowest BCUT2D eigenvalue weighted by Crippen LogP contribution is -2.21. The fraction of sp³-hybridized carbons (Fsp3) is 0.323. The monoisotopic (exact) mass is 534 g/mol. The van der Waals surface area contributed by atoms with Gasteiger partial charge in [0.05, 0.1) is 35.7 Å². The molecule has 1 N–H and O–H groups in total. The molecule has 3 aromatic heterocycles. The lowest BCUT2D eigenvalue weighted by Gasteiger charge is -2.24. The summed E-state index contributed by atoms with van der Waals surface area (Å²) in [5, 5.41) is 16.4. The Kier molecular flexibility index (Phi) is 6.17. The molecular weight excluding hydrogens is 500 g/mol. The van der Waals surface area contributed by atoms with Gasteiger partial charge in [-0.15, -0.1) is 5.10 Å². The number of amides is 1. The van der Waals surface area contributed by atoms with Crippen molar-refractivity contribution in [2.45, 2.75) is 58.8 Å². The minimum atomic E-state index is -0.241. The van der Waals surface area contributed by atoms with Gasteiger partial charge in [-0.25, -0.2) is 14.3 Å². The summed E-state index contributed by atoms with van der Waals surface area (Å²) in [6.07, 6.45) is 7.82. The number of aryl methyl sites for hydroxylation is 2. The third-order valence-corrected chi connectivity index (χ3v) is 7.50. The standard InChI is InChI=1S/C31H34N8O/c1-19-7-12-25(23(15-19)31(3,4)5)39-26(13-14-33-39)30(40)34-22-11-8-20(2)27(16-22)38-18-24(35-36-38)28-17-32-29(37(28)6)21-9-10-21/h7-8,11-18,21H,9-10H2,1-6H3,(H,34,40). The Morgan fingerprint density at radius 2 is 1.82 bits per heavy atom. The van der Waals surface area contributed by atoms with E-state index in [1.807, 2.05) is 56.7 Å². The second kappa shape index (κ2) is 9.59. The van der Waals surface area contributed by atoms with Crippen LogP contribution in [0.1, 0.15) is 72.5 Å². The summed E-state index contributed by atoms with van der Waals surface area (Å²) in [7, 11) is 2.03. The number of nitrogens with one attached hydrogen (secondary N) is 1. The normalized spacial score (nSPS) is 13.6. The van der Waals surface area contributed by atoms with Gasteiger partial charge in [0.1, 0.15) is 17.2 Å². The van der Waals surface area contributed by atoms with Crippen LogP contribution in [0.15, 0.2) is 61.1 Å². The van der Waals surface area contributed by atoms with Crippen LogP contribution in [0.4, 0.5) is 5.69 Å². The fourth-order valence-electron chi connectivity index (χ4n) is 5.11. The topological polar surface area (TPSA) is 95.5 Å². The smallest absolute Gasteiger partial charge is 0.274 e. The lowest BCUT2D eigenvalue weighted by molar-refractivity contribution is 0.101. The predicted octanol–water partition coefficient (Wildman–Crippen LogP) is 5.90. The van der Waals surface area contributed by atoms with Gasteiger partial charge in [0.2, 0.25) is 0 Å². The Bertz CT molecular complexity index is 1730. The number of hydrogen-bond donors (Lipinski definition) is 1. The van der Waals surface area contributed by atoms with Crippen molar-refractivity contribution in [1.82, 2.24) is 34.3 Å². The highest BCUT2D eigenvalue weighted by Crippen LogP contribution is 2.40. The van der Waals surface area contributed by atoms with Crippen LogP contribution in [-0.2, 0) is 12.5 Å². The Morgan fingerprint density at radius 1 is 1.02 bits per heavy atom. The molecule has 2 aromatic carbocycles. The van der Waals surface area contributed by atoms with Crippen LogP contribution >= 0.6 is 0 Å². The molecule has 0 bridgehead atoms. The van der Waals surface area contributed by atoms with Crippen LogP contribution in [0.3, 0.4) is 0 Å². The summed E-state index contributed by atoms with van der Waals surface area (Å²) in [6, 6.07) is 13.8. The van der Waals surface area contributed by atoms with E-state index in [0.29, 0.717) is 17.3 Å². The highest BCUT2D eigenvalue weighted by molar-refractivity contribution is 6.03. The van der Waals surface area contributed by atoms with Gasteiger partial charge in [0.15, 0.2) is 0 Å². The second-order valence-electron chi connectivity index (χ2n) is 11.7. The van der Waals surface area contributed by atoms with Crippen molar-refractivity contribution in [3.05, 3.63) is 89.3 Å². The Morgan fingerprint density at radius 3 is 2.58 bits per heavy atom. The number of imidazole rings is 1. The summed E-state index contributed by atoms with van der Waals surface area (Å²) >= 11 is 0. The second-order valence-corrected chi connectivity index (χ2v) is 11.7. The predicted molar refractivity (Wildman–Crippen MR) is 155 cm³/mol. The van der Waals surface area contributed by atoms with Gasteiger partial charge < -0.3 is 9.88 Å². The molecule has 0 radical (unpaired) electrons. The number of rotatable bonds is 6. The van der Waals surface area contributed by atoms with Crippen LogP contribution in [0, 0.1) is 13.8 Å². The quantitative estimate of drug-likeness (QED) is 0.293. The molecule has 40 heavy (non-hydrogen) atoms. The lowest BCUT2D eigenvalue weighted by atomic mass is 9.85. The van der Waals surface area contributed by atoms with Crippen LogP contribution in [-0.4, -0.2) is 40.2 Å². The summed E-state index contributed by atoms with van der Waals surface area (Å²) in [5.74, 6) is 1.41. The molecule has 1 amide bonds. The van der Waals surface area contributed by atoms with Gasteiger partial charge in [-0.3, -0.25) is 4.79 Å². The SMILES string of the molecule is Cc1ccc(-n2nccc2C(=O)Nc2ccc(C)c(-n3cc(-c4cnc(C5CC5)n4C)nn3)c2)c(C(C)(C)C)c1. The minimum Gasteiger partial charge on any atom is -0.330 e. The van der Waals surface area contributed by atoms with Gasteiger partial charge in [-0.05, 0) is 67.5 Å². The van der Waals surface area contributed by atoms with Gasteiger partial charge in [0, 0.05) is 18.7 Å². The zero-order chi connectivity index (χ0) is 28.2. The molecule has 3 heterocycles. The number of anilines is 1. The minimum absolute atomic E-state index is 0.113. The number of aromatic nitrogens is 7.